The van der Waals surface area contributed by atoms with Crippen molar-refractivity contribution in [2.75, 3.05) is 0 Å². The molecule has 1 aromatic carbocycles. The number of hydrogen-bond acceptors (Lipinski definition) is 1. The molecule has 1 nitrogen and oxygen atoms in total. The van der Waals surface area contributed by atoms with Crippen molar-refractivity contribution in [2.45, 2.75) is 46.3 Å². The molecule has 0 aromatic heterocycles. The molecule has 1 aliphatic carbocycles. The summed E-state index contributed by atoms with van der Waals surface area (Å²) in [7, 11) is 0. The van der Waals surface area contributed by atoms with Gasteiger partial charge in [-0.3, -0.25) is 0 Å². The van der Waals surface area contributed by atoms with Crippen molar-refractivity contribution < 1.29 is 4.74 Å². The fourth-order valence-electron chi connectivity index (χ4n) is 2.14. The molecule has 0 unspecified atom stereocenters. The molecule has 0 spiro atoms. The van der Waals surface area contributed by atoms with Crippen LogP contribution in [0.15, 0.2) is 30.3 Å². The molecular weight excluding hydrogens is 184 g/mol. The van der Waals surface area contributed by atoms with Crippen molar-refractivity contribution >= 4 is 0 Å². The van der Waals surface area contributed by atoms with Gasteiger partial charge in [0, 0.05) is 0 Å². The second-order valence-corrected chi connectivity index (χ2v) is 4.24. The van der Waals surface area contributed by atoms with E-state index in [0.29, 0.717) is 6.10 Å². The van der Waals surface area contributed by atoms with Crippen LogP contribution in [0.1, 0.15) is 39.2 Å². The highest BCUT2D eigenvalue weighted by Gasteiger charge is 2.23. The lowest BCUT2D eigenvalue weighted by Crippen LogP contribution is -2.15. The van der Waals surface area contributed by atoms with E-state index in [0.717, 1.165) is 12.5 Å². The zero-order valence-corrected chi connectivity index (χ0v) is 8.78. The maximum absolute atomic E-state index is 5.90. The van der Waals surface area contributed by atoms with Crippen LogP contribution in [0.2, 0.25) is 0 Å². The first-order valence-electron chi connectivity index (χ1n) is 5.52. The Morgan fingerprint density at radius 3 is 2.53 bits per heavy atom. The van der Waals surface area contributed by atoms with Gasteiger partial charge in [0.1, 0.15) is 0 Å². The van der Waals surface area contributed by atoms with E-state index in [1.807, 2.05) is 6.07 Å². The highest BCUT2D eigenvalue weighted by atomic mass is 16.5. The third kappa shape index (κ3) is 3.35. The molecule has 0 bridgehead atoms. The second-order valence-electron chi connectivity index (χ2n) is 4.24. The molecule has 1 aromatic rings. The average Bonchev–Trinajstić information content (AvgIpc) is 2.63. The zero-order valence-electron chi connectivity index (χ0n) is 8.78. The van der Waals surface area contributed by atoms with E-state index in [4.69, 9.17) is 4.74 Å². The molecule has 1 aliphatic rings. The van der Waals surface area contributed by atoms with E-state index in [9.17, 15) is 0 Å². The molecule has 0 aliphatic heterocycles. The van der Waals surface area contributed by atoms with Gasteiger partial charge in [0.25, 0.3) is 0 Å². The van der Waals surface area contributed by atoms with Gasteiger partial charge in [0.05, 0.1) is 12.7 Å². The maximum atomic E-state index is 5.90. The van der Waals surface area contributed by atoms with Crippen molar-refractivity contribution in [3.8, 4) is 0 Å². The van der Waals surface area contributed by atoms with Gasteiger partial charge in [-0.25, -0.2) is 0 Å². The van der Waals surface area contributed by atoms with Crippen LogP contribution in [0.5, 0.6) is 0 Å². The first-order chi connectivity index (χ1) is 6.86. The van der Waals surface area contributed by atoms with Crippen LogP contribution >= 0.6 is 0 Å². The molecule has 1 saturated carbocycles. The smallest absolute Gasteiger partial charge is 0.0720 e. The predicted octanol–water partition coefficient (Wildman–Crippen LogP) is 4.03. The van der Waals surface area contributed by atoms with Crippen LogP contribution in [-0.4, -0.2) is 6.10 Å². The van der Waals surface area contributed by atoms with Crippen molar-refractivity contribution in [1.29, 1.82) is 0 Å². The van der Waals surface area contributed by atoms with Crippen LogP contribution < -0.4 is 0 Å². The number of ether oxygens (including phenoxy) is 1. The van der Waals surface area contributed by atoms with Gasteiger partial charge in [0.15, 0.2) is 0 Å². The van der Waals surface area contributed by atoms with Gasteiger partial charge >= 0.3 is 0 Å². The first-order valence-corrected chi connectivity index (χ1v) is 5.52. The van der Waals surface area contributed by atoms with Gasteiger partial charge in [0.2, 0.25) is 0 Å². The third-order valence-corrected chi connectivity index (χ3v) is 3.09. The summed E-state index contributed by atoms with van der Waals surface area (Å²) in [5, 5.41) is 0. The Kier molecular flexibility index (Phi) is 4.83. The summed E-state index contributed by atoms with van der Waals surface area (Å²) in [4.78, 5) is 0. The first kappa shape index (κ1) is 12.3. The fourth-order valence-corrected chi connectivity index (χ4v) is 2.14. The highest BCUT2D eigenvalue weighted by molar-refractivity contribution is 5.13. The third-order valence-electron chi connectivity index (χ3n) is 3.09. The van der Waals surface area contributed by atoms with Crippen molar-refractivity contribution in [3.63, 3.8) is 0 Å². The monoisotopic (exact) mass is 206 g/mol. The Hall–Kier alpha value is -0.820. The Bertz CT molecular complexity index is 268. The van der Waals surface area contributed by atoms with Gasteiger partial charge in [-0.1, -0.05) is 51.1 Å². The minimum atomic E-state index is 0. The summed E-state index contributed by atoms with van der Waals surface area (Å²) < 4.78 is 5.90. The summed E-state index contributed by atoms with van der Waals surface area (Å²) >= 11 is 0. The van der Waals surface area contributed by atoms with E-state index in [2.05, 4.69) is 31.2 Å². The fraction of sp³-hybridized carbons (Fsp3) is 0.571. The Morgan fingerprint density at radius 1 is 1.20 bits per heavy atom. The second kappa shape index (κ2) is 5.92. The van der Waals surface area contributed by atoms with Gasteiger partial charge in [-0.2, -0.15) is 0 Å². The van der Waals surface area contributed by atoms with Crippen LogP contribution in [-0.2, 0) is 11.3 Å². The molecule has 0 N–H and O–H groups in total. The minimum Gasteiger partial charge on any atom is -0.373 e. The molecule has 1 fully saturated rings. The summed E-state index contributed by atoms with van der Waals surface area (Å²) in [5.41, 5.74) is 1.28. The summed E-state index contributed by atoms with van der Waals surface area (Å²) in [5.74, 6) is 0.749. The lowest BCUT2D eigenvalue weighted by atomic mass is 10.1. The van der Waals surface area contributed by atoms with Gasteiger partial charge in [-0.15, -0.1) is 0 Å². The maximum Gasteiger partial charge on any atom is 0.0720 e. The molecule has 2 atom stereocenters. The predicted molar refractivity (Wildman–Crippen MR) is 64.8 cm³/mol. The Balaban J connectivity index is 0.00000112. The molecule has 0 amide bonds. The quantitative estimate of drug-likeness (QED) is 0.725. The number of hydrogen-bond donors (Lipinski definition) is 0. The van der Waals surface area contributed by atoms with Crippen LogP contribution in [0, 0.1) is 5.92 Å². The minimum absolute atomic E-state index is 0. The Morgan fingerprint density at radius 2 is 1.93 bits per heavy atom. The molecule has 84 valence electrons. The van der Waals surface area contributed by atoms with E-state index in [1.54, 1.807) is 0 Å². The van der Waals surface area contributed by atoms with Crippen molar-refractivity contribution in [3.05, 3.63) is 35.9 Å². The van der Waals surface area contributed by atoms with E-state index in [1.165, 1.54) is 24.8 Å². The Labute approximate surface area is 93.5 Å². The summed E-state index contributed by atoms with van der Waals surface area (Å²) in [6.07, 6.45) is 4.41. The van der Waals surface area contributed by atoms with Crippen LogP contribution in [0.25, 0.3) is 0 Å². The molecular formula is C14H22O. The molecule has 0 radical (unpaired) electrons. The topological polar surface area (TPSA) is 9.23 Å². The average molecular weight is 206 g/mol. The molecule has 2 rings (SSSR count). The molecule has 0 heterocycles. The number of benzene rings is 1. The lowest BCUT2D eigenvalue weighted by molar-refractivity contribution is 0.0207. The van der Waals surface area contributed by atoms with Crippen LogP contribution in [0.3, 0.4) is 0 Å². The standard InChI is InChI=1S/C13H18O.CH4/c1-11-6-5-9-13(11)14-10-12-7-3-2-4-8-12;/h2-4,7-8,11,13H,5-6,9-10H2,1H3;1H4/t11-,13-;/m1./s1. The van der Waals surface area contributed by atoms with E-state index >= 15 is 0 Å². The summed E-state index contributed by atoms with van der Waals surface area (Å²) in [6.45, 7) is 3.07. The van der Waals surface area contributed by atoms with Gasteiger partial charge in [-0.05, 0) is 24.3 Å². The lowest BCUT2D eigenvalue weighted by Gasteiger charge is -2.16. The van der Waals surface area contributed by atoms with Crippen molar-refractivity contribution in [1.82, 2.24) is 0 Å². The SMILES string of the molecule is C.C[C@@H]1CCC[C@H]1OCc1ccccc1. The van der Waals surface area contributed by atoms with E-state index < -0.39 is 0 Å². The summed E-state index contributed by atoms with van der Waals surface area (Å²) in [6, 6.07) is 10.4. The molecule has 15 heavy (non-hydrogen) atoms. The normalized spacial score (nSPS) is 24.9. The number of rotatable bonds is 3. The van der Waals surface area contributed by atoms with Crippen LogP contribution in [0.4, 0.5) is 0 Å². The molecule has 1 heteroatoms. The van der Waals surface area contributed by atoms with Crippen molar-refractivity contribution in [2.24, 2.45) is 5.92 Å². The largest absolute Gasteiger partial charge is 0.373 e. The highest BCUT2D eigenvalue weighted by Crippen LogP contribution is 2.28. The van der Waals surface area contributed by atoms with E-state index in [-0.39, 0.29) is 7.43 Å². The van der Waals surface area contributed by atoms with Gasteiger partial charge < -0.3 is 4.74 Å². The molecule has 0 saturated heterocycles. The zero-order chi connectivity index (χ0) is 9.80.